The van der Waals surface area contributed by atoms with Crippen LogP contribution in [0.5, 0.6) is 11.6 Å². The van der Waals surface area contributed by atoms with Gasteiger partial charge in [0.1, 0.15) is 22.4 Å². The van der Waals surface area contributed by atoms with E-state index in [-0.39, 0.29) is 5.88 Å². The van der Waals surface area contributed by atoms with Crippen molar-refractivity contribution in [3.8, 4) is 11.6 Å². The standard InChI is InChI=1S/C20H16F3N5OS/c1-12-8-13(4-6-25-18-17-19(27-10-26-18)30-11-28-17)2-3-15(12)29-16-9-14(5-7-24-16)20(21,22)23/h2-3,5,7-11H,4,6H2,1H3,(H,25,26,27). The molecule has 0 saturated heterocycles. The summed E-state index contributed by atoms with van der Waals surface area (Å²) in [6.07, 6.45) is -1.14. The van der Waals surface area contributed by atoms with E-state index in [1.165, 1.54) is 17.7 Å². The third kappa shape index (κ3) is 4.48. The van der Waals surface area contributed by atoms with Gasteiger partial charge in [-0.05, 0) is 36.6 Å². The van der Waals surface area contributed by atoms with Crippen LogP contribution in [0.2, 0.25) is 0 Å². The van der Waals surface area contributed by atoms with Gasteiger partial charge in [0, 0.05) is 18.8 Å². The fraction of sp³-hybridized carbons (Fsp3) is 0.200. The van der Waals surface area contributed by atoms with Crippen LogP contribution in [0.3, 0.4) is 0 Å². The second kappa shape index (κ2) is 8.23. The van der Waals surface area contributed by atoms with Crippen molar-refractivity contribution in [2.45, 2.75) is 19.5 Å². The van der Waals surface area contributed by atoms with Crippen molar-refractivity contribution in [1.29, 1.82) is 0 Å². The summed E-state index contributed by atoms with van der Waals surface area (Å²) in [5.41, 5.74) is 3.53. The Morgan fingerprint density at radius 2 is 1.93 bits per heavy atom. The molecule has 1 aromatic carbocycles. The molecule has 154 valence electrons. The normalized spacial score (nSPS) is 11.6. The Balaban J connectivity index is 1.40. The van der Waals surface area contributed by atoms with Crippen LogP contribution in [0.25, 0.3) is 10.3 Å². The summed E-state index contributed by atoms with van der Waals surface area (Å²) in [7, 11) is 0. The van der Waals surface area contributed by atoms with Gasteiger partial charge in [0.15, 0.2) is 5.82 Å². The molecule has 0 aliphatic heterocycles. The van der Waals surface area contributed by atoms with E-state index in [1.807, 2.05) is 19.1 Å². The third-order valence-electron chi connectivity index (χ3n) is 4.36. The molecule has 3 aromatic heterocycles. The molecule has 0 spiro atoms. The number of thiazole rings is 1. The van der Waals surface area contributed by atoms with E-state index in [4.69, 9.17) is 4.74 Å². The number of hydrogen-bond acceptors (Lipinski definition) is 7. The minimum absolute atomic E-state index is 0.0987. The number of nitrogens with zero attached hydrogens (tertiary/aromatic N) is 4. The second-order valence-electron chi connectivity index (χ2n) is 6.49. The van der Waals surface area contributed by atoms with Crippen LogP contribution in [0.15, 0.2) is 48.4 Å². The number of nitrogens with one attached hydrogen (secondary N) is 1. The molecule has 1 N–H and O–H groups in total. The lowest BCUT2D eigenvalue weighted by atomic mass is 10.1. The van der Waals surface area contributed by atoms with Gasteiger partial charge in [-0.2, -0.15) is 13.2 Å². The summed E-state index contributed by atoms with van der Waals surface area (Å²) in [5, 5.41) is 3.26. The molecule has 0 aliphatic rings. The van der Waals surface area contributed by atoms with Gasteiger partial charge in [0.05, 0.1) is 11.1 Å². The smallest absolute Gasteiger partial charge is 0.416 e. The molecule has 0 bridgehead atoms. The molecule has 30 heavy (non-hydrogen) atoms. The average Bonchev–Trinajstić information content (AvgIpc) is 3.19. The number of benzene rings is 1. The number of ether oxygens (including phenoxy) is 1. The van der Waals surface area contributed by atoms with E-state index in [9.17, 15) is 13.2 Å². The summed E-state index contributed by atoms with van der Waals surface area (Å²) in [6.45, 7) is 2.47. The number of fused-ring (bicyclic) bond motifs is 1. The molecular weight excluding hydrogens is 415 g/mol. The van der Waals surface area contributed by atoms with Gasteiger partial charge in [-0.3, -0.25) is 0 Å². The molecule has 0 aliphatic carbocycles. The summed E-state index contributed by atoms with van der Waals surface area (Å²) < 4.78 is 44.1. The summed E-state index contributed by atoms with van der Waals surface area (Å²) >= 11 is 1.45. The molecule has 0 fully saturated rings. The molecule has 0 saturated carbocycles. The van der Waals surface area contributed by atoms with E-state index < -0.39 is 11.7 Å². The molecule has 10 heteroatoms. The Morgan fingerprint density at radius 1 is 1.07 bits per heavy atom. The number of hydrogen-bond donors (Lipinski definition) is 1. The number of pyridine rings is 1. The van der Waals surface area contributed by atoms with E-state index >= 15 is 0 Å². The quantitative estimate of drug-likeness (QED) is 0.449. The van der Waals surface area contributed by atoms with Gasteiger partial charge >= 0.3 is 6.18 Å². The highest BCUT2D eigenvalue weighted by Crippen LogP contribution is 2.32. The number of anilines is 1. The Kier molecular flexibility index (Phi) is 5.49. The maximum absolute atomic E-state index is 12.8. The van der Waals surface area contributed by atoms with Crippen LogP contribution in [0.1, 0.15) is 16.7 Å². The van der Waals surface area contributed by atoms with Crippen LogP contribution in [-0.4, -0.2) is 26.5 Å². The molecule has 4 rings (SSSR count). The zero-order valence-electron chi connectivity index (χ0n) is 15.8. The molecular formula is C20H16F3N5OS. The number of halogens is 3. The van der Waals surface area contributed by atoms with Crippen molar-refractivity contribution in [3.63, 3.8) is 0 Å². The number of aryl methyl sites for hydroxylation is 1. The molecule has 3 heterocycles. The maximum atomic E-state index is 12.8. The van der Waals surface area contributed by atoms with Crippen molar-refractivity contribution < 1.29 is 17.9 Å². The highest BCUT2D eigenvalue weighted by atomic mass is 32.1. The Bertz CT molecular complexity index is 1180. The Labute approximate surface area is 173 Å². The Hall–Kier alpha value is -3.27. The predicted octanol–water partition coefficient (Wildman–Crippen LogP) is 5.26. The number of aromatic nitrogens is 4. The summed E-state index contributed by atoms with van der Waals surface area (Å²) in [4.78, 5) is 17.4. The molecule has 0 amide bonds. The molecule has 0 atom stereocenters. The minimum Gasteiger partial charge on any atom is -0.439 e. The fourth-order valence-corrected chi connectivity index (χ4v) is 3.51. The first-order valence-electron chi connectivity index (χ1n) is 8.99. The van der Waals surface area contributed by atoms with Crippen LogP contribution in [0.4, 0.5) is 19.0 Å². The van der Waals surface area contributed by atoms with Crippen molar-refractivity contribution in [3.05, 3.63) is 65.1 Å². The fourth-order valence-electron chi connectivity index (χ4n) is 2.88. The van der Waals surface area contributed by atoms with Crippen molar-refractivity contribution in [2.75, 3.05) is 11.9 Å². The van der Waals surface area contributed by atoms with Crippen molar-refractivity contribution >= 4 is 27.5 Å². The largest absolute Gasteiger partial charge is 0.439 e. The lowest BCUT2D eigenvalue weighted by Crippen LogP contribution is -2.07. The SMILES string of the molecule is Cc1cc(CCNc2ncnc3scnc23)ccc1Oc1cc(C(F)(F)F)ccn1. The average molecular weight is 431 g/mol. The van der Waals surface area contributed by atoms with Gasteiger partial charge in [-0.1, -0.05) is 12.1 Å². The monoisotopic (exact) mass is 431 g/mol. The number of rotatable bonds is 6. The topological polar surface area (TPSA) is 72.8 Å². The number of alkyl halides is 3. The first kappa shape index (κ1) is 20.0. The molecule has 0 radical (unpaired) electrons. The lowest BCUT2D eigenvalue weighted by Gasteiger charge is -2.12. The van der Waals surface area contributed by atoms with Crippen molar-refractivity contribution in [1.82, 2.24) is 19.9 Å². The Morgan fingerprint density at radius 3 is 2.73 bits per heavy atom. The van der Waals surface area contributed by atoms with Crippen LogP contribution < -0.4 is 10.1 Å². The van der Waals surface area contributed by atoms with Gasteiger partial charge < -0.3 is 10.1 Å². The van der Waals surface area contributed by atoms with Crippen LogP contribution in [0, 0.1) is 6.92 Å². The molecule has 4 aromatic rings. The third-order valence-corrected chi connectivity index (χ3v) is 5.09. The van der Waals surface area contributed by atoms with Crippen LogP contribution >= 0.6 is 11.3 Å². The van der Waals surface area contributed by atoms with Crippen molar-refractivity contribution in [2.24, 2.45) is 0 Å². The predicted molar refractivity (Wildman–Crippen MR) is 108 cm³/mol. The van der Waals surface area contributed by atoms with Gasteiger partial charge in [0.25, 0.3) is 0 Å². The minimum atomic E-state index is -4.44. The maximum Gasteiger partial charge on any atom is 0.416 e. The van der Waals surface area contributed by atoms with E-state index in [1.54, 1.807) is 11.6 Å². The lowest BCUT2D eigenvalue weighted by molar-refractivity contribution is -0.137. The van der Waals surface area contributed by atoms with E-state index in [0.717, 1.165) is 46.2 Å². The van der Waals surface area contributed by atoms with Crippen LogP contribution in [-0.2, 0) is 12.6 Å². The molecule has 0 unspecified atom stereocenters. The zero-order chi connectivity index (χ0) is 21.1. The highest BCUT2D eigenvalue weighted by Gasteiger charge is 2.31. The van der Waals surface area contributed by atoms with Gasteiger partial charge in [0.2, 0.25) is 5.88 Å². The van der Waals surface area contributed by atoms with E-state index in [2.05, 4.69) is 25.3 Å². The second-order valence-corrected chi connectivity index (χ2v) is 7.32. The first-order chi connectivity index (χ1) is 14.4. The highest BCUT2D eigenvalue weighted by molar-refractivity contribution is 7.16. The van der Waals surface area contributed by atoms with Gasteiger partial charge in [-0.15, -0.1) is 11.3 Å². The summed E-state index contributed by atoms with van der Waals surface area (Å²) in [6, 6.07) is 7.33. The zero-order valence-corrected chi connectivity index (χ0v) is 16.6. The summed E-state index contributed by atoms with van der Waals surface area (Å²) in [5.74, 6) is 1.05. The van der Waals surface area contributed by atoms with Gasteiger partial charge in [-0.25, -0.2) is 19.9 Å². The first-order valence-corrected chi connectivity index (χ1v) is 9.87. The van der Waals surface area contributed by atoms with E-state index in [0.29, 0.717) is 18.1 Å². The molecule has 6 nitrogen and oxygen atoms in total.